The van der Waals surface area contributed by atoms with Crippen molar-refractivity contribution in [2.24, 2.45) is 0 Å². The van der Waals surface area contributed by atoms with Crippen molar-refractivity contribution < 1.29 is 9.13 Å². The Morgan fingerprint density at radius 1 is 1.29 bits per heavy atom. The van der Waals surface area contributed by atoms with Crippen LogP contribution >= 0.6 is 15.9 Å². The highest BCUT2D eigenvalue weighted by molar-refractivity contribution is 9.10. The van der Waals surface area contributed by atoms with Gasteiger partial charge in [-0.05, 0) is 41.1 Å². The van der Waals surface area contributed by atoms with Crippen LogP contribution < -0.4 is 4.74 Å². The zero-order valence-electron chi connectivity index (χ0n) is 9.15. The van der Waals surface area contributed by atoms with Crippen molar-refractivity contribution in [1.29, 1.82) is 0 Å². The molecular formula is C12H10BrFN2O. The molecule has 0 bridgehead atoms. The van der Waals surface area contributed by atoms with Crippen molar-refractivity contribution in [2.75, 3.05) is 0 Å². The molecule has 0 aliphatic carbocycles. The molecule has 1 heterocycles. The maximum Gasteiger partial charge on any atom is 0.137 e. The van der Waals surface area contributed by atoms with Gasteiger partial charge in [0.25, 0.3) is 0 Å². The number of hydrogen-bond acceptors (Lipinski definition) is 3. The zero-order valence-corrected chi connectivity index (χ0v) is 10.7. The molecule has 1 aromatic heterocycles. The van der Waals surface area contributed by atoms with E-state index in [9.17, 15) is 4.39 Å². The van der Waals surface area contributed by atoms with Gasteiger partial charge < -0.3 is 4.74 Å². The Labute approximate surface area is 107 Å². The predicted molar refractivity (Wildman–Crippen MR) is 65.2 cm³/mol. The van der Waals surface area contributed by atoms with Gasteiger partial charge in [-0.3, -0.25) is 0 Å². The molecule has 0 aliphatic heterocycles. The summed E-state index contributed by atoms with van der Waals surface area (Å²) in [6, 6.07) is 4.52. The lowest BCUT2D eigenvalue weighted by Crippen LogP contribution is -1.98. The first-order valence-corrected chi connectivity index (χ1v) is 5.80. The molecule has 2 aromatic rings. The Balaban J connectivity index is 2.02. The molecule has 88 valence electrons. The molecule has 0 unspecified atom stereocenters. The van der Waals surface area contributed by atoms with E-state index in [1.165, 1.54) is 6.07 Å². The summed E-state index contributed by atoms with van der Waals surface area (Å²) < 4.78 is 18.9. The van der Waals surface area contributed by atoms with E-state index in [0.29, 0.717) is 16.8 Å². The highest BCUT2D eigenvalue weighted by Crippen LogP contribution is 2.22. The maximum atomic E-state index is 13.0. The highest BCUT2D eigenvalue weighted by atomic mass is 79.9. The minimum Gasteiger partial charge on any atom is -0.489 e. The maximum absolute atomic E-state index is 13.0. The standard InChI is InChI=1S/C12H10BrFN2O/c1-8-15-5-9(6-16-8)7-17-10-2-3-12(14)11(13)4-10/h2-6H,7H2,1H3. The highest BCUT2D eigenvalue weighted by Gasteiger charge is 2.02. The van der Waals surface area contributed by atoms with Gasteiger partial charge in [0.2, 0.25) is 0 Å². The number of benzene rings is 1. The number of aryl methyl sites for hydroxylation is 1. The van der Waals surface area contributed by atoms with Gasteiger partial charge in [-0.1, -0.05) is 0 Å². The number of halogens is 2. The van der Waals surface area contributed by atoms with Crippen LogP contribution in [-0.2, 0) is 6.61 Å². The number of aromatic nitrogens is 2. The molecule has 0 amide bonds. The Bertz CT molecular complexity index is 516. The van der Waals surface area contributed by atoms with E-state index >= 15 is 0 Å². The van der Waals surface area contributed by atoms with Gasteiger partial charge in [0.05, 0.1) is 4.47 Å². The van der Waals surface area contributed by atoms with Crippen LogP contribution in [-0.4, -0.2) is 9.97 Å². The van der Waals surface area contributed by atoms with Crippen molar-refractivity contribution in [3.63, 3.8) is 0 Å². The summed E-state index contributed by atoms with van der Waals surface area (Å²) in [6.07, 6.45) is 3.42. The monoisotopic (exact) mass is 296 g/mol. The molecule has 0 fully saturated rings. The normalized spacial score (nSPS) is 10.3. The predicted octanol–water partition coefficient (Wildman–Crippen LogP) is 3.27. The van der Waals surface area contributed by atoms with Crippen LogP contribution in [0, 0.1) is 12.7 Å². The van der Waals surface area contributed by atoms with Crippen LogP contribution in [0.4, 0.5) is 4.39 Å². The first kappa shape index (κ1) is 12.0. The van der Waals surface area contributed by atoms with E-state index in [-0.39, 0.29) is 5.82 Å². The Morgan fingerprint density at radius 3 is 2.65 bits per heavy atom. The summed E-state index contributed by atoms with van der Waals surface area (Å²) in [7, 11) is 0. The largest absolute Gasteiger partial charge is 0.489 e. The lowest BCUT2D eigenvalue weighted by Gasteiger charge is -2.06. The quantitative estimate of drug-likeness (QED) is 0.872. The molecule has 0 aliphatic rings. The average molecular weight is 297 g/mol. The van der Waals surface area contributed by atoms with Crippen LogP contribution in [0.3, 0.4) is 0 Å². The van der Waals surface area contributed by atoms with E-state index in [1.807, 2.05) is 6.92 Å². The van der Waals surface area contributed by atoms with Crippen LogP contribution in [0.2, 0.25) is 0 Å². The molecule has 17 heavy (non-hydrogen) atoms. The second-order valence-corrected chi connectivity index (χ2v) is 4.36. The number of ether oxygens (including phenoxy) is 1. The molecular weight excluding hydrogens is 287 g/mol. The van der Waals surface area contributed by atoms with Gasteiger partial charge in [0, 0.05) is 18.0 Å². The topological polar surface area (TPSA) is 35.0 Å². The molecule has 3 nitrogen and oxygen atoms in total. The van der Waals surface area contributed by atoms with Crippen LogP contribution in [0.15, 0.2) is 35.1 Å². The van der Waals surface area contributed by atoms with Crippen LogP contribution in [0.25, 0.3) is 0 Å². The summed E-state index contributed by atoms with van der Waals surface area (Å²) in [5.41, 5.74) is 0.871. The fourth-order valence-corrected chi connectivity index (χ4v) is 1.58. The Kier molecular flexibility index (Phi) is 3.68. The first-order valence-electron chi connectivity index (χ1n) is 5.00. The van der Waals surface area contributed by atoms with Gasteiger partial charge in [-0.2, -0.15) is 0 Å². The van der Waals surface area contributed by atoms with Gasteiger partial charge in [-0.15, -0.1) is 0 Å². The number of rotatable bonds is 3. The Morgan fingerprint density at radius 2 is 2.00 bits per heavy atom. The summed E-state index contributed by atoms with van der Waals surface area (Å²) >= 11 is 3.10. The molecule has 0 saturated heterocycles. The minimum atomic E-state index is -0.309. The molecule has 1 aromatic carbocycles. The molecule has 0 atom stereocenters. The summed E-state index contributed by atoms with van der Waals surface area (Å²) in [6.45, 7) is 2.18. The summed E-state index contributed by atoms with van der Waals surface area (Å²) in [5.74, 6) is 1.01. The van der Waals surface area contributed by atoms with Gasteiger partial charge in [-0.25, -0.2) is 14.4 Å². The molecule has 0 radical (unpaired) electrons. The second kappa shape index (κ2) is 5.23. The molecule has 0 saturated carbocycles. The smallest absolute Gasteiger partial charge is 0.137 e. The second-order valence-electron chi connectivity index (χ2n) is 3.50. The fourth-order valence-electron chi connectivity index (χ4n) is 1.23. The number of nitrogens with zero attached hydrogens (tertiary/aromatic N) is 2. The van der Waals surface area contributed by atoms with E-state index in [0.717, 1.165) is 11.4 Å². The van der Waals surface area contributed by atoms with Crippen LogP contribution in [0.1, 0.15) is 11.4 Å². The van der Waals surface area contributed by atoms with Gasteiger partial charge in [0.15, 0.2) is 0 Å². The molecule has 2 rings (SSSR count). The lowest BCUT2D eigenvalue weighted by atomic mass is 10.3. The van der Waals surface area contributed by atoms with Crippen molar-refractivity contribution >= 4 is 15.9 Å². The lowest BCUT2D eigenvalue weighted by molar-refractivity contribution is 0.304. The van der Waals surface area contributed by atoms with E-state index in [4.69, 9.17) is 4.74 Å². The van der Waals surface area contributed by atoms with Gasteiger partial charge in [0.1, 0.15) is 24.0 Å². The zero-order chi connectivity index (χ0) is 12.3. The van der Waals surface area contributed by atoms with E-state index < -0.39 is 0 Å². The van der Waals surface area contributed by atoms with E-state index in [2.05, 4.69) is 25.9 Å². The van der Waals surface area contributed by atoms with Crippen molar-refractivity contribution in [3.05, 3.63) is 52.3 Å². The minimum absolute atomic E-state index is 0.309. The van der Waals surface area contributed by atoms with Gasteiger partial charge >= 0.3 is 0 Å². The molecule has 0 spiro atoms. The summed E-state index contributed by atoms with van der Waals surface area (Å²) in [4.78, 5) is 8.13. The van der Waals surface area contributed by atoms with Crippen LogP contribution in [0.5, 0.6) is 5.75 Å². The van der Waals surface area contributed by atoms with Crippen molar-refractivity contribution in [1.82, 2.24) is 9.97 Å². The third kappa shape index (κ3) is 3.23. The average Bonchev–Trinajstić information content (AvgIpc) is 2.33. The van der Waals surface area contributed by atoms with E-state index in [1.54, 1.807) is 24.5 Å². The summed E-state index contributed by atoms with van der Waals surface area (Å²) in [5, 5.41) is 0. The Hall–Kier alpha value is -1.49. The molecule has 5 heteroatoms. The SMILES string of the molecule is Cc1ncc(COc2ccc(F)c(Br)c2)cn1. The van der Waals surface area contributed by atoms with Crippen molar-refractivity contribution in [3.8, 4) is 5.75 Å². The fraction of sp³-hybridized carbons (Fsp3) is 0.167. The third-order valence-electron chi connectivity index (χ3n) is 2.13. The first-order chi connectivity index (χ1) is 8.15. The number of hydrogen-bond donors (Lipinski definition) is 0. The van der Waals surface area contributed by atoms with Crippen molar-refractivity contribution in [2.45, 2.75) is 13.5 Å². The third-order valence-corrected chi connectivity index (χ3v) is 2.74. The molecule has 0 N–H and O–H groups in total.